The highest BCUT2D eigenvalue weighted by Crippen LogP contribution is 2.13. The van der Waals surface area contributed by atoms with Gasteiger partial charge in [-0.05, 0) is 17.7 Å². The Bertz CT molecular complexity index is 527. The van der Waals surface area contributed by atoms with Gasteiger partial charge in [0, 0.05) is 20.2 Å². The Morgan fingerprint density at radius 2 is 1.90 bits per heavy atom. The molecule has 2 aromatic rings. The Kier molecular flexibility index (Phi) is 5.99. The van der Waals surface area contributed by atoms with E-state index in [4.69, 9.17) is 13.9 Å². The zero-order valence-electron chi connectivity index (χ0n) is 12.3. The van der Waals surface area contributed by atoms with E-state index in [1.54, 1.807) is 14.2 Å². The lowest BCUT2D eigenvalue weighted by molar-refractivity contribution is 0.198. The second-order valence-electron chi connectivity index (χ2n) is 4.37. The van der Waals surface area contributed by atoms with Crippen molar-refractivity contribution in [2.45, 2.75) is 13.1 Å². The van der Waals surface area contributed by atoms with Crippen LogP contribution in [-0.2, 0) is 17.8 Å². The molecule has 0 aliphatic heterocycles. The number of rotatable bonds is 9. The number of nitrogens with one attached hydrogen (secondary N) is 2. The van der Waals surface area contributed by atoms with Crippen molar-refractivity contribution in [2.24, 2.45) is 0 Å². The number of hydrogen-bond acceptors (Lipinski definition) is 7. The molecular formula is C14H20N4O3. The Morgan fingerprint density at radius 1 is 1.10 bits per heavy atom. The zero-order valence-corrected chi connectivity index (χ0v) is 12.3. The molecule has 1 aromatic carbocycles. The highest BCUT2D eigenvalue weighted by molar-refractivity contribution is 5.29. The van der Waals surface area contributed by atoms with Gasteiger partial charge in [0.15, 0.2) is 0 Å². The van der Waals surface area contributed by atoms with Crippen LogP contribution in [-0.4, -0.2) is 37.6 Å². The van der Waals surface area contributed by atoms with Gasteiger partial charge in [-0.25, -0.2) is 0 Å². The summed E-state index contributed by atoms with van der Waals surface area (Å²) in [5, 5.41) is 14.1. The average Bonchev–Trinajstić information content (AvgIpc) is 2.98. The molecule has 0 saturated heterocycles. The van der Waals surface area contributed by atoms with Crippen LogP contribution in [0.15, 0.2) is 28.7 Å². The van der Waals surface area contributed by atoms with Gasteiger partial charge in [0.2, 0.25) is 5.89 Å². The van der Waals surface area contributed by atoms with E-state index in [9.17, 15) is 0 Å². The highest BCUT2D eigenvalue weighted by Gasteiger charge is 2.05. The first kappa shape index (κ1) is 15.3. The van der Waals surface area contributed by atoms with Crippen molar-refractivity contribution in [2.75, 3.05) is 32.7 Å². The van der Waals surface area contributed by atoms with Crippen LogP contribution < -0.4 is 15.4 Å². The normalized spacial score (nSPS) is 10.6. The molecule has 0 saturated carbocycles. The lowest BCUT2D eigenvalue weighted by atomic mass is 10.2. The van der Waals surface area contributed by atoms with Crippen LogP contribution in [0.2, 0.25) is 0 Å². The second-order valence-corrected chi connectivity index (χ2v) is 4.37. The third kappa shape index (κ3) is 5.05. The molecule has 7 heteroatoms. The number of nitrogens with zero attached hydrogens (tertiary/aromatic N) is 2. The zero-order chi connectivity index (χ0) is 14.9. The molecule has 0 atom stereocenters. The molecule has 21 heavy (non-hydrogen) atoms. The van der Waals surface area contributed by atoms with Crippen molar-refractivity contribution in [1.82, 2.24) is 15.5 Å². The summed E-state index contributed by atoms with van der Waals surface area (Å²) < 4.78 is 15.5. The maximum atomic E-state index is 5.47. The molecule has 1 aromatic heterocycles. The molecule has 114 valence electrons. The lowest BCUT2D eigenvalue weighted by Gasteiger charge is -2.03. The first-order valence-corrected chi connectivity index (χ1v) is 6.70. The van der Waals surface area contributed by atoms with E-state index in [0.29, 0.717) is 31.6 Å². The minimum atomic E-state index is 0.411. The van der Waals surface area contributed by atoms with Gasteiger partial charge in [-0.1, -0.05) is 17.2 Å². The highest BCUT2D eigenvalue weighted by atomic mass is 16.5. The molecule has 1 heterocycles. The van der Waals surface area contributed by atoms with E-state index >= 15 is 0 Å². The van der Waals surface area contributed by atoms with Crippen LogP contribution in [0.5, 0.6) is 5.75 Å². The Balaban J connectivity index is 1.76. The first-order chi connectivity index (χ1) is 10.3. The number of methoxy groups -OCH3 is 2. The van der Waals surface area contributed by atoms with E-state index in [1.807, 2.05) is 24.3 Å². The largest absolute Gasteiger partial charge is 0.497 e. The van der Waals surface area contributed by atoms with Gasteiger partial charge in [-0.3, -0.25) is 0 Å². The molecule has 0 unspecified atom stereocenters. The van der Waals surface area contributed by atoms with Crippen molar-refractivity contribution in [3.63, 3.8) is 0 Å². The first-order valence-electron chi connectivity index (χ1n) is 6.70. The van der Waals surface area contributed by atoms with Crippen molar-refractivity contribution >= 4 is 6.01 Å². The Hall–Kier alpha value is -2.12. The molecule has 0 spiro atoms. The third-order valence-corrected chi connectivity index (χ3v) is 2.83. The fourth-order valence-corrected chi connectivity index (χ4v) is 1.69. The quantitative estimate of drug-likeness (QED) is 0.676. The monoisotopic (exact) mass is 292 g/mol. The van der Waals surface area contributed by atoms with Crippen LogP contribution in [0.1, 0.15) is 11.5 Å². The van der Waals surface area contributed by atoms with Crippen LogP contribution in [0.4, 0.5) is 6.01 Å². The summed E-state index contributed by atoms with van der Waals surface area (Å²) in [5.41, 5.74) is 1.11. The van der Waals surface area contributed by atoms with Gasteiger partial charge in [0.25, 0.3) is 0 Å². The van der Waals surface area contributed by atoms with Gasteiger partial charge in [0.05, 0.1) is 20.3 Å². The number of ether oxygens (including phenoxy) is 2. The fourth-order valence-electron chi connectivity index (χ4n) is 1.69. The maximum Gasteiger partial charge on any atom is 0.315 e. The van der Waals surface area contributed by atoms with E-state index < -0.39 is 0 Å². The predicted molar refractivity (Wildman–Crippen MR) is 78.2 cm³/mol. The molecule has 0 amide bonds. The van der Waals surface area contributed by atoms with E-state index in [0.717, 1.165) is 17.9 Å². The second kappa shape index (κ2) is 8.23. The van der Waals surface area contributed by atoms with Crippen molar-refractivity contribution in [3.8, 4) is 5.75 Å². The summed E-state index contributed by atoms with van der Waals surface area (Å²) in [4.78, 5) is 0. The summed E-state index contributed by atoms with van der Waals surface area (Å²) in [6, 6.07) is 8.20. The van der Waals surface area contributed by atoms with Crippen LogP contribution in [0.25, 0.3) is 0 Å². The molecular weight excluding hydrogens is 272 g/mol. The molecule has 2 N–H and O–H groups in total. The molecule has 0 bridgehead atoms. The Labute approximate surface area is 123 Å². The van der Waals surface area contributed by atoms with Gasteiger partial charge in [-0.15, -0.1) is 5.10 Å². The number of hydrogen-bond donors (Lipinski definition) is 2. The number of anilines is 1. The minimum Gasteiger partial charge on any atom is -0.497 e. The maximum absolute atomic E-state index is 5.47. The molecule has 0 aliphatic rings. The fraction of sp³-hybridized carbons (Fsp3) is 0.429. The summed E-state index contributed by atoms with van der Waals surface area (Å²) in [6.45, 7) is 2.54. The number of aromatic nitrogens is 2. The van der Waals surface area contributed by atoms with Crippen LogP contribution in [0, 0.1) is 0 Å². The average molecular weight is 292 g/mol. The van der Waals surface area contributed by atoms with Crippen LogP contribution >= 0.6 is 0 Å². The SMILES string of the molecule is COCCNCc1nnc(NCc2ccc(OC)cc2)o1. The molecule has 0 fully saturated rings. The lowest BCUT2D eigenvalue weighted by Crippen LogP contribution is -2.18. The topological polar surface area (TPSA) is 81.4 Å². The predicted octanol–water partition coefficient (Wildman–Crippen LogP) is 1.43. The van der Waals surface area contributed by atoms with Gasteiger partial charge in [-0.2, -0.15) is 0 Å². The van der Waals surface area contributed by atoms with Crippen molar-refractivity contribution < 1.29 is 13.9 Å². The molecule has 0 aliphatic carbocycles. The van der Waals surface area contributed by atoms with Gasteiger partial charge >= 0.3 is 6.01 Å². The Morgan fingerprint density at radius 3 is 2.62 bits per heavy atom. The smallest absolute Gasteiger partial charge is 0.315 e. The van der Waals surface area contributed by atoms with Crippen molar-refractivity contribution in [3.05, 3.63) is 35.7 Å². The molecule has 7 nitrogen and oxygen atoms in total. The molecule has 0 radical (unpaired) electrons. The summed E-state index contributed by atoms with van der Waals surface area (Å²) >= 11 is 0. The van der Waals surface area contributed by atoms with Gasteiger partial charge < -0.3 is 24.5 Å². The van der Waals surface area contributed by atoms with Crippen molar-refractivity contribution in [1.29, 1.82) is 0 Å². The van der Waals surface area contributed by atoms with E-state index in [-0.39, 0.29) is 0 Å². The minimum absolute atomic E-state index is 0.411. The molecule has 2 rings (SSSR count). The standard InChI is InChI=1S/C14H20N4O3/c1-19-8-7-15-10-13-17-18-14(21-13)16-9-11-3-5-12(20-2)6-4-11/h3-6,15H,7-10H2,1-2H3,(H,16,18). The van der Waals surface area contributed by atoms with Crippen LogP contribution in [0.3, 0.4) is 0 Å². The third-order valence-electron chi connectivity index (χ3n) is 2.83. The van der Waals surface area contributed by atoms with Gasteiger partial charge in [0.1, 0.15) is 5.75 Å². The summed E-state index contributed by atoms with van der Waals surface area (Å²) in [5.74, 6) is 1.38. The summed E-state index contributed by atoms with van der Waals surface area (Å²) in [6.07, 6.45) is 0. The van der Waals surface area contributed by atoms with E-state index in [1.165, 1.54) is 0 Å². The number of benzene rings is 1. The van der Waals surface area contributed by atoms with E-state index in [2.05, 4.69) is 20.8 Å². The summed E-state index contributed by atoms with van der Waals surface area (Å²) in [7, 11) is 3.31.